The minimum atomic E-state index is -1.83. The lowest BCUT2D eigenvalue weighted by Crippen LogP contribution is -2.12. The summed E-state index contributed by atoms with van der Waals surface area (Å²) in [6.07, 6.45) is 1.68. The summed E-state index contributed by atoms with van der Waals surface area (Å²) in [5, 5.41) is 16.6. The molecule has 0 atom stereocenters. The van der Waals surface area contributed by atoms with Gasteiger partial charge in [-0.2, -0.15) is 0 Å². The highest BCUT2D eigenvalue weighted by Gasteiger charge is 2.05. The van der Waals surface area contributed by atoms with Crippen LogP contribution in [0.2, 0.25) is 0 Å². The molecule has 5 heteroatoms. The number of nitrogens with one attached hydrogen (secondary N) is 1. The molecule has 5 nitrogen and oxygen atoms in total. The molecular weight excluding hydrogens is 174 g/mol. The summed E-state index contributed by atoms with van der Waals surface area (Å²) in [5.41, 5.74) is 0. The topological polar surface area (TPSA) is 86.6 Å². The lowest BCUT2D eigenvalue weighted by molar-refractivity contribution is -0.119. The summed E-state index contributed by atoms with van der Waals surface area (Å²) in [7, 11) is 0. The van der Waals surface area contributed by atoms with Gasteiger partial charge in [0.15, 0.2) is 0 Å². The smallest absolute Gasteiger partial charge is 0.450 e. The van der Waals surface area contributed by atoms with Gasteiger partial charge < -0.3 is 15.5 Å². The van der Waals surface area contributed by atoms with Crippen molar-refractivity contribution in [1.82, 2.24) is 5.32 Å². The van der Waals surface area contributed by atoms with E-state index in [2.05, 4.69) is 11.9 Å². The molecule has 1 aliphatic rings. The van der Waals surface area contributed by atoms with E-state index in [1.807, 2.05) is 6.92 Å². The van der Waals surface area contributed by atoms with Gasteiger partial charge in [0.25, 0.3) is 0 Å². The minimum absolute atomic E-state index is 0.204. The van der Waals surface area contributed by atoms with E-state index in [0.717, 1.165) is 19.4 Å². The van der Waals surface area contributed by atoms with Gasteiger partial charge in [-0.1, -0.05) is 6.08 Å². The fourth-order valence-electron chi connectivity index (χ4n) is 0.565. The van der Waals surface area contributed by atoms with Crippen molar-refractivity contribution < 1.29 is 19.8 Å². The molecular formula is C8H15NO4. The van der Waals surface area contributed by atoms with Crippen LogP contribution in [0.4, 0.5) is 4.79 Å². The Bertz CT molecular complexity index is 156. The van der Waals surface area contributed by atoms with Crippen LogP contribution in [0.1, 0.15) is 19.8 Å². The molecule has 13 heavy (non-hydrogen) atoms. The average molecular weight is 189 g/mol. The van der Waals surface area contributed by atoms with Crippen molar-refractivity contribution >= 4 is 12.1 Å². The molecule has 0 spiro atoms. The summed E-state index contributed by atoms with van der Waals surface area (Å²) >= 11 is 0. The van der Waals surface area contributed by atoms with E-state index in [-0.39, 0.29) is 5.91 Å². The molecule has 3 N–H and O–H groups in total. The number of carbonyl (C=O) groups excluding carboxylic acids is 1. The van der Waals surface area contributed by atoms with Crippen molar-refractivity contribution in [3.05, 3.63) is 12.7 Å². The molecule has 0 aromatic carbocycles. The quantitative estimate of drug-likeness (QED) is 0.501. The third-order valence-electron chi connectivity index (χ3n) is 0.903. The van der Waals surface area contributed by atoms with Gasteiger partial charge in [-0.05, 0) is 13.3 Å². The maximum absolute atomic E-state index is 10.1. The molecule has 0 bridgehead atoms. The van der Waals surface area contributed by atoms with Crippen molar-refractivity contribution in [2.45, 2.75) is 19.8 Å². The van der Waals surface area contributed by atoms with E-state index in [1.54, 1.807) is 6.08 Å². The first-order valence-corrected chi connectivity index (χ1v) is 3.80. The maximum Gasteiger partial charge on any atom is 0.503 e. The van der Waals surface area contributed by atoms with Crippen LogP contribution in [0.25, 0.3) is 0 Å². The van der Waals surface area contributed by atoms with Crippen LogP contribution < -0.4 is 5.32 Å². The first kappa shape index (κ1) is 14.0. The second-order valence-electron chi connectivity index (χ2n) is 2.14. The zero-order chi connectivity index (χ0) is 10.7. The first-order chi connectivity index (χ1) is 6.04. The molecule has 1 amide bonds. The fraction of sp³-hybridized carbons (Fsp3) is 0.500. The number of allylic oxidation sites excluding steroid dienone is 1. The number of amides is 1. The summed E-state index contributed by atoms with van der Waals surface area (Å²) in [6, 6.07) is 0. The van der Waals surface area contributed by atoms with Crippen LogP contribution in [0, 0.1) is 0 Å². The van der Waals surface area contributed by atoms with Gasteiger partial charge in [0.1, 0.15) is 0 Å². The summed E-state index contributed by atoms with van der Waals surface area (Å²) < 4.78 is 0. The molecule has 0 aliphatic carbocycles. The van der Waals surface area contributed by atoms with Crippen molar-refractivity contribution in [2.75, 3.05) is 6.54 Å². The Hall–Kier alpha value is -1.52. The average Bonchev–Trinajstić information content (AvgIpc) is 2.39. The van der Waals surface area contributed by atoms with E-state index in [0.29, 0.717) is 0 Å². The van der Waals surface area contributed by atoms with E-state index >= 15 is 0 Å². The molecule has 1 fully saturated rings. The van der Waals surface area contributed by atoms with Gasteiger partial charge in [0.05, 0.1) is 0 Å². The Kier molecular flexibility index (Phi) is 11.3. The Morgan fingerprint density at radius 1 is 1.62 bits per heavy atom. The monoisotopic (exact) mass is 189 g/mol. The van der Waals surface area contributed by atoms with Crippen molar-refractivity contribution in [3.8, 4) is 0 Å². The molecule has 1 heterocycles. The Morgan fingerprint density at radius 2 is 2.00 bits per heavy atom. The molecule has 76 valence electrons. The third kappa shape index (κ3) is 25.1. The highest BCUT2D eigenvalue weighted by molar-refractivity contribution is 5.77. The predicted octanol–water partition coefficient (Wildman–Crippen LogP) is 1.31. The van der Waals surface area contributed by atoms with Gasteiger partial charge in [0, 0.05) is 13.0 Å². The normalized spacial score (nSPS) is 12.5. The molecule has 1 saturated heterocycles. The van der Waals surface area contributed by atoms with Crippen LogP contribution in [0.3, 0.4) is 0 Å². The van der Waals surface area contributed by atoms with Crippen LogP contribution in [-0.2, 0) is 4.79 Å². The van der Waals surface area contributed by atoms with Gasteiger partial charge in [-0.15, -0.1) is 6.58 Å². The van der Waals surface area contributed by atoms with Gasteiger partial charge in [0.2, 0.25) is 5.91 Å². The van der Waals surface area contributed by atoms with E-state index < -0.39 is 6.16 Å². The molecule has 0 saturated carbocycles. The first-order valence-electron chi connectivity index (χ1n) is 3.80. The third-order valence-corrected chi connectivity index (χ3v) is 0.903. The number of rotatable bonds is 0. The standard InChI is InChI=1S/C4H7NO.C3H6.CH2O3/c6-4-2-1-3-5-4;1-3-2;2-1(3)4/h1-3H2,(H,5,6);3H,1H2,2H3;(H2,2,3,4). The predicted molar refractivity (Wildman–Crippen MR) is 48.8 cm³/mol. The highest BCUT2D eigenvalue weighted by Crippen LogP contribution is 1.93. The fourth-order valence-corrected chi connectivity index (χ4v) is 0.565. The van der Waals surface area contributed by atoms with E-state index in [4.69, 9.17) is 15.0 Å². The minimum Gasteiger partial charge on any atom is -0.450 e. The molecule has 1 rings (SSSR count). The lowest BCUT2D eigenvalue weighted by Gasteiger charge is -1.80. The van der Waals surface area contributed by atoms with Crippen LogP contribution in [0.5, 0.6) is 0 Å². The Morgan fingerprint density at radius 3 is 2.08 bits per heavy atom. The van der Waals surface area contributed by atoms with Crippen molar-refractivity contribution in [2.24, 2.45) is 0 Å². The van der Waals surface area contributed by atoms with Gasteiger partial charge >= 0.3 is 6.16 Å². The largest absolute Gasteiger partial charge is 0.503 e. The number of carbonyl (C=O) groups is 2. The summed E-state index contributed by atoms with van der Waals surface area (Å²) in [6.45, 7) is 6.14. The number of hydrogen-bond acceptors (Lipinski definition) is 2. The molecule has 0 radical (unpaired) electrons. The zero-order valence-electron chi connectivity index (χ0n) is 7.62. The van der Waals surface area contributed by atoms with E-state index in [1.165, 1.54) is 0 Å². The van der Waals surface area contributed by atoms with Crippen molar-refractivity contribution in [1.29, 1.82) is 0 Å². The summed E-state index contributed by atoms with van der Waals surface area (Å²) in [5.74, 6) is 0.204. The van der Waals surface area contributed by atoms with Crippen LogP contribution in [0.15, 0.2) is 12.7 Å². The van der Waals surface area contributed by atoms with Crippen molar-refractivity contribution in [3.63, 3.8) is 0 Å². The highest BCUT2D eigenvalue weighted by atomic mass is 16.6. The molecule has 0 aromatic heterocycles. The second kappa shape index (κ2) is 10.5. The zero-order valence-corrected chi connectivity index (χ0v) is 7.62. The Labute approximate surface area is 77.1 Å². The number of carboxylic acid groups (broad SMARTS) is 2. The second-order valence-corrected chi connectivity index (χ2v) is 2.14. The summed E-state index contributed by atoms with van der Waals surface area (Å²) in [4.78, 5) is 18.7. The van der Waals surface area contributed by atoms with Crippen LogP contribution in [-0.4, -0.2) is 28.8 Å². The lowest BCUT2D eigenvalue weighted by atomic mass is 10.4. The van der Waals surface area contributed by atoms with Gasteiger partial charge in [-0.3, -0.25) is 4.79 Å². The molecule has 0 aromatic rings. The van der Waals surface area contributed by atoms with Gasteiger partial charge in [-0.25, -0.2) is 4.79 Å². The number of hydrogen-bond donors (Lipinski definition) is 3. The van der Waals surface area contributed by atoms with Crippen LogP contribution >= 0.6 is 0 Å². The maximum atomic E-state index is 10.1. The Balaban J connectivity index is 0. The molecule has 1 aliphatic heterocycles. The van der Waals surface area contributed by atoms with E-state index in [9.17, 15) is 4.79 Å². The molecule has 0 unspecified atom stereocenters. The SMILES string of the molecule is C=CC.O=C(O)O.O=C1CCCN1.